The van der Waals surface area contributed by atoms with Crippen LogP contribution in [0.3, 0.4) is 0 Å². The number of aryl methyl sites for hydroxylation is 2. The average Bonchev–Trinajstić information content (AvgIpc) is 3.06. The van der Waals surface area contributed by atoms with Crippen molar-refractivity contribution in [2.75, 3.05) is 27.1 Å². The van der Waals surface area contributed by atoms with E-state index in [0.717, 1.165) is 16.0 Å². The molecule has 0 spiro atoms. The summed E-state index contributed by atoms with van der Waals surface area (Å²) in [5, 5.41) is 4.04. The molecule has 0 aliphatic carbocycles. The van der Waals surface area contributed by atoms with Crippen LogP contribution < -0.4 is 25.1 Å². The maximum Gasteiger partial charge on any atom is 0.262 e. The quantitative estimate of drug-likeness (QED) is 0.405. The molecule has 0 radical (unpaired) electrons. The van der Waals surface area contributed by atoms with Gasteiger partial charge in [-0.2, -0.15) is 0 Å². The smallest absolute Gasteiger partial charge is 0.262 e. The SMILES string of the molecule is COc1cc(CNC(=O)CSc2nc3sc(C)c(C)c3c(=O)n2C)cc(OC)c1OC. The topological polar surface area (TPSA) is 91.7 Å². The standard InChI is InChI=1S/C21H25N3O5S2/c1-11-12(2)31-19-17(11)20(26)24(3)21(23-19)30-10-16(25)22-9-13-7-14(27-4)18(29-6)15(8-13)28-5/h7-8H,9-10H2,1-6H3,(H,22,25). The monoisotopic (exact) mass is 463 g/mol. The maximum absolute atomic E-state index is 12.7. The highest BCUT2D eigenvalue weighted by Crippen LogP contribution is 2.38. The number of methoxy groups -OCH3 is 3. The van der Waals surface area contributed by atoms with Crippen LogP contribution in [-0.2, 0) is 18.4 Å². The van der Waals surface area contributed by atoms with Gasteiger partial charge in [-0.1, -0.05) is 11.8 Å². The molecule has 166 valence electrons. The van der Waals surface area contributed by atoms with Gasteiger partial charge >= 0.3 is 0 Å². The first-order chi connectivity index (χ1) is 14.8. The van der Waals surface area contributed by atoms with Gasteiger partial charge in [0.15, 0.2) is 16.7 Å². The molecule has 8 nitrogen and oxygen atoms in total. The van der Waals surface area contributed by atoms with Gasteiger partial charge in [-0.3, -0.25) is 14.2 Å². The highest BCUT2D eigenvalue weighted by atomic mass is 32.2. The molecule has 0 bridgehead atoms. The Kier molecular flexibility index (Phi) is 7.11. The predicted molar refractivity (Wildman–Crippen MR) is 123 cm³/mol. The number of ether oxygens (including phenoxy) is 3. The number of benzene rings is 1. The fourth-order valence-electron chi connectivity index (χ4n) is 3.10. The van der Waals surface area contributed by atoms with Gasteiger partial charge < -0.3 is 19.5 Å². The van der Waals surface area contributed by atoms with Crippen molar-refractivity contribution in [1.29, 1.82) is 0 Å². The molecule has 31 heavy (non-hydrogen) atoms. The van der Waals surface area contributed by atoms with Gasteiger partial charge in [0.1, 0.15) is 4.83 Å². The summed E-state index contributed by atoms with van der Waals surface area (Å²) in [5.74, 6) is 1.51. The molecular formula is C21H25N3O5S2. The molecule has 0 saturated carbocycles. The van der Waals surface area contributed by atoms with E-state index in [1.165, 1.54) is 34.8 Å². The Morgan fingerprint density at radius 2 is 1.81 bits per heavy atom. The van der Waals surface area contributed by atoms with E-state index in [1.807, 2.05) is 13.8 Å². The number of carbonyl (C=O) groups is 1. The third-order valence-electron chi connectivity index (χ3n) is 4.92. The Morgan fingerprint density at radius 1 is 1.16 bits per heavy atom. The Labute approximate surface area is 188 Å². The summed E-state index contributed by atoms with van der Waals surface area (Å²) < 4.78 is 17.5. The van der Waals surface area contributed by atoms with Gasteiger partial charge in [0.2, 0.25) is 11.7 Å². The minimum atomic E-state index is -0.174. The summed E-state index contributed by atoms with van der Waals surface area (Å²) in [5.41, 5.74) is 1.68. The molecule has 1 amide bonds. The molecule has 0 fully saturated rings. The molecule has 3 rings (SSSR count). The third kappa shape index (κ3) is 4.64. The molecule has 3 aromatic rings. The minimum Gasteiger partial charge on any atom is -0.493 e. The molecule has 0 aliphatic heterocycles. The summed E-state index contributed by atoms with van der Waals surface area (Å²) >= 11 is 2.73. The lowest BCUT2D eigenvalue weighted by Crippen LogP contribution is -2.26. The van der Waals surface area contributed by atoms with E-state index in [4.69, 9.17) is 14.2 Å². The molecule has 0 aliphatic rings. The molecule has 2 heterocycles. The zero-order chi connectivity index (χ0) is 22.7. The van der Waals surface area contributed by atoms with Crippen molar-refractivity contribution in [3.8, 4) is 17.2 Å². The Morgan fingerprint density at radius 3 is 2.39 bits per heavy atom. The number of nitrogens with zero attached hydrogens (tertiary/aromatic N) is 2. The molecule has 0 atom stereocenters. The summed E-state index contributed by atoms with van der Waals surface area (Å²) in [4.78, 5) is 31.5. The maximum atomic E-state index is 12.7. The lowest BCUT2D eigenvalue weighted by atomic mass is 10.2. The fraction of sp³-hybridized carbons (Fsp3) is 0.381. The number of thioether (sulfide) groups is 1. The molecule has 1 N–H and O–H groups in total. The number of amides is 1. The van der Waals surface area contributed by atoms with Crippen LogP contribution in [0.2, 0.25) is 0 Å². The first-order valence-corrected chi connectivity index (χ1v) is 11.3. The first kappa shape index (κ1) is 23.0. The number of hydrogen-bond donors (Lipinski definition) is 1. The number of hydrogen-bond acceptors (Lipinski definition) is 8. The van der Waals surface area contributed by atoms with E-state index in [-0.39, 0.29) is 17.2 Å². The van der Waals surface area contributed by atoms with Crippen LogP contribution in [0.1, 0.15) is 16.0 Å². The number of thiophene rings is 1. The highest BCUT2D eigenvalue weighted by Gasteiger charge is 2.17. The predicted octanol–water partition coefficient (Wildman–Crippen LogP) is 3.05. The van der Waals surface area contributed by atoms with Crippen LogP contribution in [0, 0.1) is 13.8 Å². The van der Waals surface area contributed by atoms with Gasteiger partial charge in [-0.25, -0.2) is 4.98 Å². The van der Waals surface area contributed by atoms with Crippen LogP contribution in [-0.4, -0.2) is 42.5 Å². The van der Waals surface area contributed by atoms with Crippen molar-refractivity contribution in [2.45, 2.75) is 25.5 Å². The zero-order valence-electron chi connectivity index (χ0n) is 18.3. The van der Waals surface area contributed by atoms with E-state index in [1.54, 1.807) is 33.4 Å². The van der Waals surface area contributed by atoms with Crippen molar-refractivity contribution < 1.29 is 19.0 Å². The van der Waals surface area contributed by atoms with E-state index < -0.39 is 0 Å². The molecule has 0 unspecified atom stereocenters. The summed E-state index contributed by atoms with van der Waals surface area (Å²) in [6, 6.07) is 3.57. The van der Waals surface area contributed by atoms with Crippen molar-refractivity contribution in [2.24, 2.45) is 7.05 Å². The Balaban J connectivity index is 1.69. The highest BCUT2D eigenvalue weighted by molar-refractivity contribution is 7.99. The molecule has 0 saturated heterocycles. The first-order valence-electron chi connectivity index (χ1n) is 9.45. The molecule has 2 aromatic heterocycles. The normalized spacial score (nSPS) is 10.9. The second-order valence-electron chi connectivity index (χ2n) is 6.82. The van der Waals surface area contributed by atoms with Crippen molar-refractivity contribution in [1.82, 2.24) is 14.9 Å². The van der Waals surface area contributed by atoms with Crippen molar-refractivity contribution >= 4 is 39.2 Å². The lowest BCUT2D eigenvalue weighted by molar-refractivity contribution is -0.118. The average molecular weight is 464 g/mol. The van der Waals surface area contributed by atoms with Crippen LogP contribution in [0.4, 0.5) is 0 Å². The number of rotatable bonds is 8. The van der Waals surface area contributed by atoms with Gasteiger partial charge in [-0.15, -0.1) is 11.3 Å². The summed E-state index contributed by atoms with van der Waals surface area (Å²) in [6.07, 6.45) is 0. The van der Waals surface area contributed by atoms with Crippen molar-refractivity contribution in [3.05, 3.63) is 38.5 Å². The van der Waals surface area contributed by atoms with E-state index in [2.05, 4.69) is 10.3 Å². The molecule has 1 aromatic carbocycles. The van der Waals surface area contributed by atoms with Crippen LogP contribution in [0.5, 0.6) is 17.2 Å². The largest absolute Gasteiger partial charge is 0.493 e. The van der Waals surface area contributed by atoms with Crippen LogP contribution in [0.25, 0.3) is 10.2 Å². The number of nitrogens with one attached hydrogen (secondary N) is 1. The van der Waals surface area contributed by atoms with Crippen LogP contribution >= 0.6 is 23.1 Å². The number of fused-ring (bicyclic) bond motifs is 1. The number of carbonyl (C=O) groups excluding carboxylic acids is 1. The van der Waals surface area contributed by atoms with Gasteiger partial charge in [-0.05, 0) is 37.1 Å². The lowest BCUT2D eigenvalue weighted by Gasteiger charge is -2.14. The van der Waals surface area contributed by atoms with E-state index in [0.29, 0.717) is 39.2 Å². The summed E-state index contributed by atoms with van der Waals surface area (Å²) in [7, 11) is 6.30. The minimum absolute atomic E-state index is 0.0906. The van der Waals surface area contributed by atoms with Gasteiger partial charge in [0, 0.05) is 18.5 Å². The second-order valence-corrected chi connectivity index (χ2v) is 8.97. The Hall–Kier alpha value is -2.72. The Bertz CT molecular complexity index is 1160. The van der Waals surface area contributed by atoms with Gasteiger partial charge in [0.05, 0.1) is 32.5 Å². The fourth-order valence-corrected chi connectivity index (χ4v) is 4.98. The summed E-state index contributed by atoms with van der Waals surface area (Å²) in [6.45, 7) is 4.20. The number of aromatic nitrogens is 2. The van der Waals surface area contributed by atoms with E-state index >= 15 is 0 Å². The van der Waals surface area contributed by atoms with Crippen LogP contribution in [0.15, 0.2) is 22.1 Å². The molecular weight excluding hydrogens is 438 g/mol. The third-order valence-corrected chi connectivity index (χ3v) is 7.05. The molecule has 10 heteroatoms. The zero-order valence-corrected chi connectivity index (χ0v) is 20.0. The van der Waals surface area contributed by atoms with Gasteiger partial charge in [0.25, 0.3) is 5.56 Å². The van der Waals surface area contributed by atoms with E-state index in [9.17, 15) is 9.59 Å². The van der Waals surface area contributed by atoms with Crippen molar-refractivity contribution in [3.63, 3.8) is 0 Å². The second kappa shape index (κ2) is 9.61.